The van der Waals surface area contributed by atoms with E-state index in [0.29, 0.717) is 18.7 Å². The molecule has 0 amide bonds. The third-order valence-electron chi connectivity index (χ3n) is 4.04. The Hall–Kier alpha value is -2.27. The van der Waals surface area contributed by atoms with E-state index in [1.54, 1.807) is 7.05 Å². The number of hydrogen-bond acceptors (Lipinski definition) is 3. The number of nitriles is 1. The smallest absolute Gasteiger partial charge is 0.191 e. The first-order valence-electron chi connectivity index (χ1n) is 7.98. The van der Waals surface area contributed by atoms with Crippen LogP contribution in [0.15, 0.2) is 53.5 Å². The monoisotopic (exact) mass is 448 g/mol. The average Bonchev–Trinajstić information content (AvgIpc) is 2.65. The maximum Gasteiger partial charge on any atom is 0.191 e. The lowest BCUT2D eigenvalue weighted by atomic mass is 10.0. The molecule has 1 unspecified atom stereocenters. The fourth-order valence-electron chi connectivity index (χ4n) is 2.73. The van der Waals surface area contributed by atoms with Gasteiger partial charge in [0.2, 0.25) is 0 Å². The molecule has 0 spiro atoms. The van der Waals surface area contributed by atoms with Gasteiger partial charge in [0.25, 0.3) is 0 Å². The number of rotatable bonds is 3. The molecule has 6 heteroatoms. The van der Waals surface area contributed by atoms with Gasteiger partial charge in [-0.1, -0.05) is 30.3 Å². The van der Waals surface area contributed by atoms with Crippen molar-refractivity contribution in [1.82, 2.24) is 10.6 Å². The molecule has 0 bridgehead atoms. The molecule has 0 aliphatic carbocycles. The van der Waals surface area contributed by atoms with Crippen LogP contribution in [0.5, 0.6) is 5.75 Å². The molecule has 0 aromatic heterocycles. The van der Waals surface area contributed by atoms with Crippen molar-refractivity contribution < 1.29 is 4.74 Å². The van der Waals surface area contributed by atoms with Crippen molar-refractivity contribution in [3.05, 3.63) is 65.2 Å². The molecule has 0 radical (unpaired) electrons. The van der Waals surface area contributed by atoms with Crippen LogP contribution in [0.1, 0.15) is 29.2 Å². The van der Waals surface area contributed by atoms with Crippen LogP contribution in [0, 0.1) is 11.3 Å². The van der Waals surface area contributed by atoms with Crippen LogP contribution in [0.2, 0.25) is 0 Å². The fourth-order valence-corrected chi connectivity index (χ4v) is 2.73. The van der Waals surface area contributed by atoms with E-state index in [9.17, 15) is 0 Å². The lowest BCUT2D eigenvalue weighted by molar-refractivity contribution is 0.261. The summed E-state index contributed by atoms with van der Waals surface area (Å²) >= 11 is 0. The summed E-state index contributed by atoms with van der Waals surface area (Å²) in [6.45, 7) is 1.34. The lowest BCUT2D eigenvalue weighted by Crippen LogP contribution is -2.40. The van der Waals surface area contributed by atoms with Crippen LogP contribution < -0.4 is 15.4 Å². The zero-order valence-corrected chi connectivity index (χ0v) is 16.4. The van der Waals surface area contributed by atoms with Gasteiger partial charge in [-0.15, -0.1) is 24.0 Å². The summed E-state index contributed by atoms with van der Waals surface area (Å²) in [6.07, 6.45) is 0.897. The topological polar surface area (TPSA) is 69.4 Å². The van der Waals surface area contributed by atoms with Crippen molar-refractivity contribution >= 4 is 29.9 Å². The van der Waals surface area contributed by atoms with Crippen molar-refractivity contribution in [2.24, 2.45) is 4.99 Å². The van der Waals surface area contributed by atoms with Gasteiger partial charge in [-0.2, -0.15) is 5.26 Å². The van der Waals surface area contributed by atoms with Gasteiger partial charge < -0.3 is 15.4 Å². The van der Waals surface area contributed by atoms with E-state index in [-0.39, 0.29) is 30.0 Å². The first-order valence-corrected chi connectivity index (χ1v) is 7.98. The Labute approximate surface area is 165 Å². The molecule has 5 nitrogen and oxygen atoms in total. The van der Waals surface area contributed by atoms with Crippen LogP contribution in [0.3, 0.4) is 0 Å². The van der Waals surface area contributed by atoms with Gasteiger partial charge in [0, 0.05) is 25.6 Å². The van der Waals surface area contributed by atoms with Gasteiger partial charge in [0.15, 0.2) is 5.96 Å². The number of para-hydroxylation sites is 1. The van der Waals surface area contributed by atoms with E-state index in [1.807, 2.05) is 42.5 Å². The largest absolute Gasteiger partial charge is 0.493 e. The molecule has 1 heterocycles. The Bertz CT molecular complexity index is 768. The molecule has 1 aliphatic rings. The van der Waals surface area contributed by atoms with Crippen LogP contribution in [0.25, 0.3) is 0 Å². The molecule has 1 aliphatic heterocycles. The van der Waals surface area contributed by atoms with Crippen molar-refractivity contribution in [2.75, 3.05) is 13.7 Å². The fraction of sp³-hybridized carbons (Fsp3) is 0.263. The Morgan fingerprint density at radius 1 is 1.24 bits per heavy atom. The summed E-state index contributed by atoms with van der Waals surface area (Å²) in [5, 5.41) is 15.6. The highest BCUT2D eigenvalue weighted by molar-refractivity contribution is 14.0. The molecular formula is C19H21IN4O. The Morgan fingerprint density at radius 3 is 2.72 bits per heavy atom. The van der Waals surface area contributed by atoms with Gasteiger partial charge >= 0.3 is 0 Å². The molecule has 2 aromatic rings. The maximum atomic E-state index is 8.84. The number of hydrogen-bond donors (Lipinski definition) is 2. The second kappa shape index (κ2) is 9.28. The molecule has 130 valence electrons. The molecule has 25 heavy (non-hydrogen) atoms. The number of aliphatic imine (C=N–C) groups is 1. The quantitative estimate of drug-likeness (QED) is 0.429. The van der Waals surface area contributed by atoms with Crippen LogP contribution >= 0.6 is 24.0 Å². The molecule has 0 saturated heterocycles. The summed E-state index contributed by atoms with van der Waals surface area (Å²) in [5.74, 6) is 1.69. The molecule has 2 N–H and O–H groups in total. The third kappa shape index (κ3) is 4.86. The van der Waals surface area contributed by atoms with E-state index >= 15 is 0 Å². The number of fused-ring (bicyclic) bond motifs is 1. The van der Waals surface area contributed by atoms with E-state index in [0.717, 1.165) is 29.3 Å². The summed E-state index contributed by atoms with van der Waals surface area (Å²) in [6, 6.07) is 17.9. The summed E-state index contributed by atoms with van der Waals surface area (Å²) < 4.78 is 5.69. The van der Waals surface area contributed by atoms with Crippen LogP contribution in [-0.2, 0) is 6.54 Å². The predicted octanol–water partition coefficient (Wildman–Crippen LogP) is 3.37. The zero-order chi connectivity index (χ0) is 16.8. The van der Waals surface area contributed by atoms with Gasteiger partial charge in [0.05, 0.1) is 24.3 Å². The van der Waals surface area contributed by atoms with Gasteiger partial charge in [0.1, 0.15) is 5.75 Å². The molecule has 0 fully saturated rings. The van der Waals surface area contributed by atoms with Crippen molar-refractivity contribution in [3.8, 4) is 11.8 Å². The predicted molar refractivity (Wildman–Crippen MR) is 109 cm³/mol. The van der Waals surface area contributed by atoms with E-state index in [4.69, 9.17) is 10.00 Å². The van der Waals surface area contributed by atoms with Gasteiger partial charge in [-0.05, 0) is 23.8 Å². The van der Waals surface area contributed by atoms with E-state index < -0.39 is 0 Å². The van der Waals surface area contributed by atoms with Crippen molar-refractivity contribution in [3.63, 3.8) is 0 Å². The number of benzene rings is 2. The average molecular weight is 448 g/mol. The summed E-state index contributed by atoms with van der Waals surface area (Å²) in [4.78, 5) is 4.31. The highest BCUT2D eigenvalue weighted by Gasteiger charge is 2.21. The van der Waals surface area contributed by atoms with Crippen molar-refractivity contribution in [2.45, 2.75) is 19.0 Å². The molecular weight excluding hydrogens is 427 g/mol. The minimum Gasteiger partial charge on any atom is -0.493 e. The Kier molecular flexibility index (Phi) is 7.07. The van der Waals surface area contributed by atoms with Crippen LogP contribution in [0.4, 0.5) is 0 Å². The van der Waals surface area contributed by atoms with Gasteiger partial charge in [-0.3, -0.25) is 4.99 Å². The zero-order valence-electron chi connectivity index (χ0n) is 14.0. The summed E-state index contributed by atoms with van der Waals surface area (Å²) in [5.41, 5.74) is 2.93. The van der Waals surface area contributed by atoms with E-state index in [2.05, 4.69) is 27.8 Å². The van der Waals surface area contributed by atoms with Crippen LogP contribution in [-0.4, -0.2) is 19.6 Å². The highest BCUT2D eigenvalue weighted by Crippen LogP contribution is 2.31. The third-order valence-corrected chi connectivity index (χ3v) is 4.04. The number of nitrogens with zero attached hydrogens (tertiary/aromatic N) is 2. The molecule has 0 saturated carbocycles. The normalized spacial score (nSPS) is 15.8. The standard InChI is InChI=1S/C19H20N4O.HI/c1-21-19(22-13-15-8-6-14(12-20)7-9-15)23-17-10-11-24-18-5-3-2-4-16(17)18;/h2-9,17H,10-11,13H2,1H3,(H2,21,22,23);1H. The Balaban J connectivity index is 0.00000225. The summed E-state index contributed by atoms with van der Waals surface area (Å²) in [7, 11) is 1.76. The van der Waals surface area contributed by atoms with Gasteiger partial charge in [-0.25, -0.2) is 0 Å². The van der Waals surface area contributed by atoms with E-state index in [1.165, 1.54) is 0 Å². The maximum absolute atomic E-state index is 8.84. The number of nitrogens with one attached hydrogen (secondary N) is 2. The SMILES string of the molecule is CN=C(NCc1ccc(C#N)cc1)NC1CCOc2ccccc21.I. The minimum absolute atomic E-state index is 0. The first-order chi connectivity index (χ1) is 11.8. The number of halogens is 1. The number of guanidine groups is 1. The second-order valence-corrected chi connectivity index (χ2v) is 5.61. The molecule has 3 rings (SSSR count). The lowest BCUT2D eigenvalue weighted by Gasteiger charge is -2.28. The highest BCUT2D eigenvalue weighted by atomic mass is 127. The minimum atomic E-state index is 0. The van der Waals surface area contributed by atoms with Crippen molar-refractivity contribution in [1.29, 1.82) is 5.26 Å². The molecule has 1 atom stereocenters. The first kappa shape index (κ1) is 19.1. The second-order valence-electron chi connectivity index (χ2n) is 5.61. The molecule has 2 aromatic carbocycles. The number of ether oxygens (including phenoxy) is 1. The Morgan fingerprint density at radius 2 is 2.00 bits per heavy atom.